The highest BCUT2D eigenvalue weighted by molar-refractivity contribution is 9.10. The molecule has 0 aliphatic heterocycles. The van der Waals surface area contributed by atoms with Crippen LogP contribution in [0.4, 0.5) is 0 Å². The summed E-state index contributed by atoms with van der Waals surface area (Å²) in [7, 11) is 1.61. The highest BCUT2D eigenvalue weighted by Gasteiger charge is 2.07. The van der Waals surface area contributed by atoms with E-state index in [-0.39, 0.29) is 12.4 Å². The van der Waals surface area contributed by atoms with Crippen LogP contribution < -0.4 is 9.47 Å². The van der Waals surface area contributed by atoms with Gasteiger partial charge >= 0.3 is 5.97 Å². The van der Waals surface area contributed by atoms with E-state index in [2.05, 4.69) is 15.9 Å². The Morgan fingerprint density at radius 2 is 1.84 bits per heavy atom. The molecular formula is C15H13BrO3. The molecule has 0 aromatic heterocycles. The van der Waals surface area contributed by atoms with Crippen LogP contribution in [0.3, 0.4) is 0 Å². The SMILES string of the molecule is COc1ccc(CC(=O)Oc2cccc(Br)c2)cc1. The van der Waals surface area contributed by atoms with E-state index in [1.165, 1.54) is 0 Å². The van der Waals surface area contributed by atoms with E-state index in [1.807, 2.05) is 36.4 Å². The van der Waals surface area contributed by atoms with Crippen LogP contribution >= 0.6 is 15.9 Å². The molecule has 0 saturated heterocycles. The van der Waals surface area contributed by atoms with Gasteiger partial charge in [0.2, 0.25) is 0 Å². The van der Waals surface area contributed by atoms with Crippen LogP contribution in [0.1, 0.15) is 5.56 Å². The van der Waals surface area contributed by atoms with Crippen LogP contribution in [0.5, 0.6) is 11.5 Å². The lowest BCUT2D eigenvalue weighted by Crippen LogP contribution is -2.11. The van der Waals surface area contributed by atoms with Crippen molar-refractivity contribution >= 4 is 21.9 Å². The number of rotatable bonds is 4. The fourth-order valence-electron chi connectivity index (χ4n) is 1.61. The number of esters is 1. The third kappa shape index (κ3) is 4.10. The molecule has 0 heterocycles. The minimum atomic E-state index is -0.289. The summed E-state index contributed by atoms with van der Waals surface area (Å²) < 4.78 is 11.2. The van der Waals surface area contributed by atoms with Crippen LogP contribution in [0.25, 0.3) is 0 Å². The van der Waals surface area contributed by atoms with Crippen molar-refractivity contribution in [3.05, 3.63) is 58.6 Å². The smallest absolute Gasteiger partial charge is 0.315 e. The molecule has 0 atom stereocenters. The molecule has 0 aliphatic rings. The number of halogens is 1. The molecule has 2 rings (SSSR count). The summed E-state index contributed by atoms with van der Waals surface area (Å²) in [6.45, 7) is 0. The Labute approximate surface area is 120 Å². The molecule has 0 bridgehead atoms. The number of carbonyl (C=O) groups excluding carboxylic acids is 1. The summed E-state index contributed by atoms with van der Waals surface area (Å²) in [4.78, 5) is 11.8. The first-order valence-electron chi connectivity index (χ1n) is 5.76. The summed E-state index contributed by atoms with van der Waals surface area (Å²) in [6.07, 6.45) is 0.233. The fraction of sp³-hybridized carbons (Fsp3) is 0.133. The quantitative estimate of drug-likeness (QED) is 0.637. The number of ether oxygens (including phenoxy) is 2. The van der Waals surface area contributed by atoms with E-state index in [4.69, 9.17) is 9.47 Å². The molecule has 3 nitrogen and oxygen atoms in total. The Balaban J connectivity index is 1.97. The normalized spacial score (nSPS) is 10.0. The van der Waals surface area contributed by atoms with Crippen molar-refractivity contribution in [2.75, 3.05) is 7.11 Å². The van der Waals surface area contributed by atoms with Gasteiger partial charge in [-0.2, -0.15) is 0 Å². The molecule has 19 heavy (non-hydrogen) atoms. The van der Waals surface area contributed by atoms with Gasteiger partial charge in [0.15, 0.2) is 0 Å². The van der Waals surface area contributed by atoms with Crippen LogP contribution in [-0.2, 0) is 11.2 Å². The van der Waals surface area contributed by atoms with Crippen molar-refractivity contribution < 1.29 is 14.3 Å². The maximum atomic E-state index is 11.8. The maximum Gasteiger partial charge on any atom is 0.315 e. The number of hydrogen-bond donors (Lipinski definition) is 0. The van der Waals surface area contributed by atoms with E-state index in [0.717, 1.165) is 15.8 Å². The Hall–Kier alpha value is -1.81. The van der Waals surface area contributed by atoms with Gasteiger partial charge in [0.05, 0.1) is 13.5 Å². The second-order valence-corrected chi connectivity index (χ2v) is 4.87. The Morgan fingerprint density at radius 3 is 2.47 bits per heavy atom. The lowest BCUT2D eigenvalue weighted by atomic mass is 10.1. The predicted molar refractivity (Wildman–Crippen MR) is 76.5 cm³/mol. The number of carbonyl (C=O) groups is 1. The van der Waals surface area contributed by atoms with Gasteiger partial charge in [-0.05, 0) is 35.9 Å². The van der Waals surface area contributed by atoms with Crippen LogP contribution in [0.15, 0.2) is 53.0 Å². The largest absolute Gasteiger partial charge is 0.497 e. The lowest BCUT2D eigenvalue weighted by Gasteiger charge is -2.05. The molecule has 0 N–H and O–H groups in total. The van der Waals surface area contributed by atoms with Crippen LogP contribution in [-0.4, -0.2) is 13.1 Å². The number of hydrogen-bond acceptors (Lipinski definition) is 3. The van der Waals surface area contributed by atoms with E-state index < -0.39 is 0 Å². The first-order chi connectivity index (χ1) is 9.17. The van der Waals surface area contributed by atoms with Crippen molar-refractivity contribution in [1.29, 1.82) is 0 Å². The van der Waals surface area contributed by atoms with Crippen molar-refractivity contribution in [3.63, 3.8) is 0 Å². The molecule has 2 aromatic carbocycles. The van der Waals surface area contributed by atoms with Gasteiger partial charge in [0, 0.05) is 4.47 Å². The van der Waals surface area contributed by atoms with Gasteiger partial charge < -0.3 is 9.47 Å². The first-order valence-corrected chi connectivity index (χ1v) is 6.56. The summed E-state index contributed by atoms with van der Waals surface area (Å²) in [6, 6.07) is 14.5. The molecule has 0 fully saturated rings. The van der Waals surface area contributed by atoms with Gasteiger partial charge in [0.1, 0.15) is 11.5 Å². The zero-order chi connectivity index (χ0) is 13.7. The van der Waals surface area contributed by atoms with Crippen molar-refractivity contribution in [3.8, 4) is 11.5 Å². The summed E-state index contributed by atoms with van der Waals surface area (Å²) in [5.41, 5.74) is 0.890. The molecule has 0 aliphatic carbocycles. The van der Waals surface area contributed by atoms with Gasteiger partial charge in [-0.25, -0.2) is 0 Å². The van der Waals surface area contributed by atoms with Crippen molar-refractivity contribution in [2.45, 2.75) is 6.42 Å². The molecule has 0 saturated carbocycles. The van der Waals surface area contributed by atoms with E-state index in [0.29, 0.717) is 5.75 Å². The standard InChI is InChI=1S/C15H13BrO3/c1-18-13-7-5-11(6-8-13)9-15(17)19-14-4-2-3-12(16)10-14/h2-8,10H,9H2,1H3. The van der Waals surface area contributed by atoms with E-state index in [9.17, 15) is 4.79 Å². The van der Waals surface area contributed by atoms with E-state index in [1.54, 1.807) is 19.2 Å². The lowest BCUT2D eigenvalue weighted by molar-refractivity contribution is -0.133. The van der Waals surface area contributed by atoms with Gasteiger partial charge in [0.25, 0.3) is 0 Å². The zero-order valence-corrected chi connectivity index (χ0v) is 12.0. The fourth-order valence-corrected chi connectivity index (χ4v) is 1.99. The topological polar surface area (TPSA) is 35.5 Å². The van der Waals surface area contributed by atoms with Gasteiger partial charge in [-0.3, -0.25) is 4.79 Å². The van der Waals surface area contributed by atoms with Gasteiger partial charge in [-0.15, -0.1) is 0 Å². The average molecular weight is 321 g/mol. The molecular weight excluding hydrogens is 308 g/mol. The van der Waals surface area contributed by atoms with E-state index >= 15 is 0 Å². The monoisotopic (exact) mass is 320 g/mol. The van der Waals surface area contributed by atoms with Gasteiger partial charge in [-0.1, -0.05) is 34.1 Å². The third-order valence-electron chi connectivity index (χ3n) is 2.54. The minimum absolute atomic E-state index is 0.233. The number of benzene rings is 2. The predicted octanol–water partition coefficient (Wildman–Crippen LogP) is 3.61. The molecule has 4 heteroatoms. The second kappa shape index (κ2) is 6.38. The van der Waals surface area contributed by atoms with Crippen LogP contribution in [0, 0.1) is 0 Å². The summed E-state index contributed by atoms with van der Waals surface area (Å²) in [5.74, 6) is 1.01. The zero-order valence-electron chi connectivity index (χ0n) is 10.4. The molecule has 0 unspecified atom stereocenters. The maximum absolute atomic E-state index is 11.8. The molecule has 98 valence electrons. The molecule has 0 radical (unpaired) electrons. The highest BCUT2D eigenvalue weighted by atomic mass is 79.9. The summed E-state index contributed by atoms with van der Waals surface area (Å²) >= 11 is 3.33. The Morgan fingerprint density at radius 1 is 1.11 bits per heavy atom. The Bertz CT molecular complexity index is 564. The highest BCUT2D eigenvalue weighted by Crippen LogP contribution is 2.18. The average Bonchev–Trinajstić information content (AvgIpc) is 2.39. The molecule has 0 amide bonds. The second-order valence-electron chi connectivity index (χ2n) is 3.96. The Kier molecular flexibility index (Phi) is 4.58. The number of methoxy groups -OCH3 is 1. The minimum Gasteiger partial charge on any atom is -0.497 e. The third-order valence-corrected chi connectivity index (χ3v) is 3.03. The summed E-state index contributed by atoms with van der Waals surface area (Å²) in [5, 5.41) is 0. The molecule has 2 aromatic rings. The van der Waals surface area contributed by atoms with Crippen molar-refractivity contribution in [2.24, 2.45) is 0 Å². The van der Waals surface area contributed by atoms with Crippen molar-refractivity contribution in [1.82, 2.24) is 0 Å². The molecule has 0 spiro atoms. The van der Waals surface area contributed by atoms with Crippen LogP contribution in [0.2, 0.25) is 0 Å². The first kappa shape index (κ1) is 13.6.